The summed E-state index contributed by atoms with van der Waals surface area (Å²) >= 11 is 0. The van der Waals surface area contributed by atoms with Gasteiger partial charge in [0.2, 0.25) is 0 Å². The minimum absolute atomic E-state index is 1.81. The highest BCUT2D eigenvalue weighted by Crippen LogP contribution is 2.61. The molecule has 1 fully saturated rings. The van der Waals surface area contributed by atoms with Crippen molar-refractivity contribution >= 4 is 0 Å². The maximum atomic E-state index is 9.81. The molecule has 0 aromatic carbocycles. The minimum atomic E-state index is -5.46. The van der Waals surface area contributed by atoms with Crippen LogP contribution in [0.3, 0.4) is 0 Å². The van der Waals surface area contributed by atoms with Crippen molar-refractivity contribution in [1.82, 2.24) is 0 Å². The third-order valence-corrected chi connectivity index (χ3v) is 2.87. The normalized spacial score (nSPS) is 81.2. The Morgan fingerprint density at radius 1 is 1.80 bits per heavy atom. The molecule has 112 valence electrons. The van der Waals surface area contributed by atoms with Crippen LogP contribution in [-0.4, -0.2) is 0 Å². The lowest BCUT2D eigenvalue weighted by Gasteiger charge is -2.58. The molecule has 0 spiro atoms. The molecular formula is C20H32. The van der Waals surface area contributed by atoms with Crippen molar-refractivity contribution in [3.63, 3.8) is 0 Å². The summed E-state index contributed by atoms with van der Waals surface area (Å²) in [5.41, 5.74) is -15.1. The van der Waals surface area contributed by atoms with E-state index in [0.717, 1.165) is 0 Å². The highest BCUT2D eigenvalue weighted by molar-refractivity contribution is 5.21. The molecule has 0 radical (unpaired) electrons. The van der Waals surface area contributed by atoms with E-state index in [9.17, 15) is 4.11 Å². The summed E-state index contributed by atoms with van der Waals surface area (Å²) in [5, 5.41) is 0. The first kappa shape index (κ1) is 2.43. The van der Waals surface area contributed by atoms with E-state index in [2.05, 4.69) is 0 Å². The Labute approximate surface area is 169 Å². The van der Waals surface area contributed by atoms with Crippen molar-refractivity contribution in [2.45, 2.75) is 65.6 Å². The molecule has 0 N–H and O–H groups in total. The van der Waals surface area contributed by atoms with E-state index >= 15 is 0 Å². The largest absolute Gasteiger partial charge is 0.0988 e. The first-order valence-corrected chi connectivity index (χ1v) is 5.37. The molecule has 0 heteroatoms. The Morgan fingerprint density at radius 2 is 2.80 bits per heavy atom. The van der Waals surface area contributed by atoms with Gasteiger partial charge in [0.15, 0.2) is 0 Å². The molecule has 0 saturated heterocycles. The second-order valence-electron chi connectivity index (χ2n) is 4.14. The molecule has 0 aromatic heterocycles. The molecule has 0 aromatic rings. The van der Waals surface area contributed by atoms with Gasteiger partial charge in [-0.25, -0.2) is 0 Å². The number of hydrogen-bond donors (Lipinski definition) is 0. The molecule has 20 heavy (non-hydrogen) atoms. The number of allylic oxidation sites excluding steroid dienone is 4. The summed E-state index contributed by atoms with van der Waals surface area (Å²) in [5.74, 6) is -9.67. The predicted molar refractivity (Wildman–Crippen MR) is 89.7 cm³/mol. The average Bonchev–Trinajstić information content (AvgIpc) is 2.83. The highest BCUT2D eigenvalue weighted by atomic mass is 14.6. The van der Waals surface area contributed by atoms with E-state index in [1.54, 1.807) is 0 Å². The van der Waals surface area contributed by atoms with Gasteiger partial charge in [-0.2, -0.15) is 0 Å². The van der Waals surface area contributed by atoms with Crippen LogP contribution in [0.15, 0.2) is 36.3 Å². The third kappa shape index (κ3) is 2.43. The molecule has 2 aliphatic carbocycles. The number of hydrogen-bond acceptors (Lipinski definition) is 0. The van der Waals surface area contributed by atoms with Crippen LogP contribution in [0.5, 0.6) is 0 Å². The lowest BCUT2D eigenvalue weighted by molar-refractivity contribution is -0.0465. The monoisotopic (exact) mass is 303 g/mol. The van der Waals surface area contributed by atoms with E-state index in [1.807, 2.05) is 0 Å². The van der Waals surface area contributed by atoms with Crippen molar-refractivity contribution in [3.05, 3.63) is 36.3 Å². The Bertz CT molecular complexity index is 1510. The molecule has 0 aliphatic heterocycles. The SMILES string of the molecule is [2H]C([2H])=C([2H])C(=C([2H])[2H])C([2H])([2H])C([2H])([2H])[C@]1(C([2H])([2H])[2H])[C@H](C([2H])([2H])[2H])C([2H])([2H])C([2H])([2H])[C@]2(C([2H])([2H])[2H])C(C([2H])([2H])[2H])=C([2H])C([2H])([2H])C([2H])([2H])[C@]21[2H]. The van der Waals surface area contributed by atoms with Gasteiger partial charge >= 0.3 is 0 Å². The predicted octanol–water partition coefficient (Wildman–Crippen LogP) is 6.31. The summed E-state index contributed by atoms with van der Waals surface area (Å²) in [4.78, 5) is 0. The molecule has 1 saturated carbocycles. The summed E-state index contributed by atoms with van der Waals surface area (Å²) in [7, 11) is 0. The van der Waals surface area contributed by atoms with Crippen molar-refractivity contribution < 1.29 is 42.5 Å². The fraction of sp³-hybridized carbons (Fsp3) is 0.700. The zero-order valence-corrected chi connectivity index (χ0v) is 10.1. The van der Waals surface area contributed by atoms with Gasteiger partial charge in [-0.1, -0.05) is 56.9 Å². The highest BCUT2D eigenvalue weighted by Gasteiger charge is 2.52. The van der Waals surface area contributed by atoms with Gasteiger partial charge in [0.05, 0.1) is 8.22 Å². The standard InChI is InChI=1S/C20H32/c1-7-15(2)11-13-19(5)17(4)12-14-20(6)16(3)9-8-10-18(19)20/h7,9,17-18H,1-2,8,10-14H2,3-6H3/t17-,18+,19-,20-/m1/s1/i1D2,2D2,3D3,4D3,5D3,6D3,7D,8D2,9D,10D2,11D2,12D2,13D2,14D2,18D. The topological polar surface area (TPSA) is 0 Å². The lowest BCUT2D eigenvalue weighted by atomic mass is 9.47. The van der Waals surface area contributed by atoms with E-state index in [-0.39, 0.29) is 0 Å². The van der Waals surface area contributed by atoms with Crippen molar-refractivity contribution in [3.8, 4) is 0 Å². The molecule has 2 aliphatic rings. The zero-order valence-electron chi connectivity index (χ0n) is 41.1. The Balaban J connectivity index is 4.00. The van der Waals surface area contributed by atoms with Crippen LogP contribution >= 0.6 is 0 Å². The van der Waals surface area contributed by atoms with E-state index in [0.29, 0.717) is 0 Å². The van der Waals surface area contributed by atoms with Crippen LogP contribution in [0, 0.1) is 22.6 Å². The number of fused-ring (bicyclic) bond motifs is 1. The molecule has 2 rings (SSSR count). The van der Waals surface area contributed by atoms with Crippen molar-refractivity contribution in [2.75, 3.05) is 0 Å². The molecule has 0 bridgehead atoms. The zero-order chi connectivity index (χ0) is 41.5. The summed E-state index contributed by atoms with van der Waals surface area (Å²) in [6.45, 7) is -22.9. The Morgan fingerprint density at radius 3 is 3.50 bits per heavy atom. The van der Waals surface area contributed by atoms with Gasteiger partial charge in [0.1, 0.15) is 0 Å². The minimum Gasteiger partial charge on any atom is -0.0988 e. The quantitative estimate of drug-likeness (QED) is 0.422. The Hall–Kier alpha value is -0.780. The van der Waals surface area contributed by atoms with Gasteiger partial charge < -0.3 is 0 Å². The molecule has 0 nitrogen and oxygen atoms in total. The molecular weight excluding hydrogens is 240 g/mol. The first-order valence-electron chi connectivity index (χ1n) is 20.9. The summed E-state index contributed by atoms with van der Waals surface area (Å²) < 4.78 is 264. The lowest BCUT2D eigenvalue weighted by Crippen LogP contribution is -2.49. The van der Waals surface area contributed by atoms with Gasteiger partial charge in [0, 0.05) is 34.3 Å². The average molecular weight is 304 g/mol. The van der Waals surface area contributed by atoms with Gasteiger partial charge in [0.25, 0.3) is 0 Å². The van der Waals surface area contributed by atoms with Crippen LogP contribution in [-0.2, 0) is 0 Å². The van der Waals surface area contributed by atoms with Gasteiger partial charge in [-0.15, -0.1) is 0 Å². The Kier molecular flexibility index (Phi) is 0.674. The third-order valence-electron chi connectivity index (χ3n) is 2.87. The van der Waals surface area contributed by atoms with Crippen molar-refractivity contribution in [2.24, 2.45) is 22.6 Å². The van der Waals surface area contributed by atoms with Crippen LogP contribution < -0.4 is 0 Å². The van der Waals surface area contributed by atoms with Crippen LogP contribution in [0.4, 0.5) is 0 Å². The molecule has 0 amide bonds. The maximum absolute atomic E-state index is 9.81. The molecule has 4 atom stereocenters. The second kappa shape index (κ2) is 5.54. The summed E-state index contributed by atoms with van der Waals surface area (Å²) in [6.07, 6.45) is -29.5. The summed E-state index contributed by atoms with van der Waals surface area (Å²) in [6, 6.07) is -4.17. The van der Waals surface area contributed by atoms with Crippen LogP contribution in [0.1, 0.15) is 108 Å². The van der Waals surface area contributed by atoms with E-state index < -0.39 is 125 Å². The molecule has 0 heterocycles. The smallest absolute Gasteiger partial charge is 0.0619 e. The fourth-order valence-electron chi connectivity index (χ4n) is 1.75. The first-order chi connectivity index (χ1) is 21.8. The van der Waals surface area contributed by atoms with E-state index in [1.165, 1.54) is 0 Å². The van der Waals surface area contributed by atoms with Crippen LogP contribution in [0.25, 0.3) is 0 Å². The maximum Gasteiger partial charge on any atom is 0.0619 e. The second-order valence-corrected chi connectivity index (χ2v) is 4.14. The molecule has 0 unspecified atom stereocenters. The van der Waals surface area contributed by atoms with Gasteiger partial charge in [-0.3, -0.25) is 0 Å². The van der Waals surface area contributed by atoms with Crippen LogP contribution in [0.2, 0.25) is 0 Å². The number of rotatable bonds is 4. The van der Waals surface area contributed by atoms with E-state index in [4.69, 9.17) is 38.4 Å². The fourth-order valence-corrected chi connectivity index (χ4v) is 1.75. The van der Waals surface area contributed by atoms with Gasteiger partial charge in [-0.05, 0) is 67.7 Å². The van der Waals surface area contributed by atoms with Crippen molar-refractivity contribution in [1.29, 1.82) is 0 Å².